The molecule has 1 unspecified atom stereocenters. The Morgan fingerprint density at radius 2 is 2.17 bits per heavy atom. The predicted octanol–water partition coefficient (Wildman–Crippen LogP) is 2.12. The van der Waals surface area contributed by atoms with Gasteiger partial charge in [0.2, 0.25) is 0 Å². The lowest BCUT2D eigenvalue weighted by molar-refractivity contribution is 0.0927. The molecule has 1 amide bonds. The highest BCUT2D eigenvalue weighted by Crippen LogP contribution is 2.21. The van der Waals surface area contributed by atoms with Crippen LogP contribution in [0.2, 0.25) is 0 Å². The van der Waals surface area contributed by atoms with Crippen LogP contribution in [0.3, 0.4) is 0 Å². The summed E-state index contributed by atoms with van der Waals surface area (Å²) in [4.78, 5) is 25.0. The van der Waals surface area contributed by atoms with Crippen LogP contribution in [0, 0.1) is 5.82 Å². The molecule has 4 rings (SSSR count). The number of aromatic nitrogens is 5. The fourth-order valence-corrected chi connectivity index (χ4v) is 3.64. The first-order valence-electron chi connectivity index (χ1n) is 9.84. The molecule has 29 heavy (non-hydrogen) atoms. The van der Waals surface area contributed by atoms with E-state index in [4.69, 9.17) is 0 Å². The van der Waals surface area contributed by atoms with Crippen molar-refractivity contribution in [2.75, 3.05) is 0 Å². The first-order chi connectivity index (χ1) is 14.1. The SMILES string of the molecule is CCCn1nc2n(c1=O)CCC(NC(=O)c1cc(-c3ccccc3F)n[nH]1)CC2. The largest absolute Gasteiger partial charge is 0.348 e. The molecule has 0 saturated heterocycles. The third-order valence-electron chi connectivity index (χ3n) is 5.16. The third-order valence-corrected chi connectivity index (χ3v) is 5.16. The number of hydrogen-bond acceptors (Lipinski definition) is 4. The molecule has 3 heterocycles. The molecule has 2 N–H and O–H groups in total. The summed E-state index contributed by atoms with van der Waals surface area (Å²) in [6.45, 7) is 3.14. The number of nitrogens with zero attached hydrogens (tertiary/aromatic N) is 4. The molecule has 2 aromatic heterocycles. The summed E-state index contributed by atoms with van der Waals surface area (Å²) in [6.07, 6.45) is 2.82. The fraction of sp³-hybridized carbons (Fsp3) is 0.400. The van der Waals surface area contributed by atoms with Gasteiger partial charge in [-0.15, -0.1) is 0 Å². The van der Waals surface area contributed by atoms with Crippen LogP contribution in [0.5, 0.6) is 0 Å². The van der Waals surface area contributed by atoms with Gasteiger partial charge in [0, 0.05) is 31.1 Å². The van der Waals surface area contributed by atoms with Crippen LogP contribution in [0.15, 0.2) is 35.1 Å². The molecule has 1 aliphatic heterocycles. The van der Waals surface area contributed by atoms with Gasteiger partial charge in [0.15, 0.2) is 0 Å². The zero-order valence-corrected chi connectivity index (χ0v) is 16.2. The fourth-order valence-electron chi connectivity index (χ4n) is 3.64. The molecule has 0 spiro atoms. The Balaban J connectivity index is 1.42. The van der Waals surface area contributed by atoms with Crippen LogP contribution in [0.25, 0.3) is 11.3 Å². The van der Waals surface area contributed by atoms with Gasteiger partial charge < -0.3 is 5.32 Å². The second-order valence-electron chi connectivity index (χ2n) is 7.22. The zero-order chi connectivity index (χ0) is 20.4. The normalized spacial score (nSPS) is 16.3. The van der Waals surface area contributed by atoms with Gasteiger partial charge in [0.25, 0.3) is 5.91 Å². The topological polar surface area (TPSA) is 97.6 Å². The number of amides is 1. The lowest BCUT2D eigenvalue weighted by Crippen LogP contribution is -2.36. The van der Waals surface area contributed by atoms with Gasteiger partial charge in [-0.2, -0.15) is 10.2 Å². The van der Waals surface area contributed by atoms with E-state index in [1.54, 1.807) is 28.8 Å². The van der Waals surface area contributed by atoms with Crippen molar-refractivity contribution in [3.63, 3.8) is 0 Å². The van der Waals surface area contributed by atoms with E-state index >= 15 is 0 Å². The van der Waals surface area contributed by atoms with E-state index in [0.29, 0.717) is 43.6 Å². The van der Waals surface area contributed by atoms with Gasteiger partial charge in [0.1, 0.15) is 17.3 Å². The quantitative estimate of drug-likeness (QED) is 0.688. The molecule has 1 aromatic carbocycles. The number of aryl methyl sites for hydroxylation is 2. The van der Waals surface area contributed by atoms with Crippen LogP contribution in [-0.4, -0.2) is 36.5 Å². The molecule has 0 radical (unpaired) electrons. The van der Waals surface area contributed by atoms with Gasteiger partial charge in [-0.3, -0.25) is 14.5 Å². The van der Waals surface area contributed by atoms with Crippen molar-refractivity contribution in [3.8, 4) is 11.3 Å². The molecule has 1 atom stereocenters. The van der Waals surface area contributed by atoms with Crippen molar-refractivity contribution < 1.29 is 9.18 Å². The average molecular weight is 398 g/mol. The average Bonchev–Trinajstić information content (AvgIpc) is 3.25. The smallest absolute Gasteiger partial charge is 0.345 e. The van der Waals surface area contributed by atoms with Crippen LogP contribution in [-0.2, 0) is 19.5 Å². The van der Waals surface area contributed by atoms with Gasteiger partial charge in [-0.25, -0.2) is 13.9 Å². The number of carbonyl (C=O) groups excluding carboxylic acids is 1. The summed E-state index contributed by atoms with van der Waals surface area (Å²) in [5.74, 6) is 0.0782. The van der Waals surface area contributed by atoms with Crippen molar-refractivity contribution >= 4 is 5.91 Å². The number of nitrogens with one attached hydrogen (secondary N) is 2. The Labute approximate surface area is 166 Å². The summed E-state index contributed by atoms with van der Waals surface area (Å²) in [5.41, 5.74) is 0.907. The van der Waals surface area contributed by atoms with Crippen LogP contribution < -0.4 is 11.0 Å². The van der Waals surface area contributed by atoms with Crippen molar-refractivity contribution in [3.05, 3.63) is 58.2 Å². The maximum Gasteiger partial charge on any atom is 0.345 e. The summed E-state index contributed by atoms with van der Waals surface area (Å²) in [7, 11) is 0. The molecular weight excluding hydrogens is 375 g/mol. The Bertz CT molecular complexity index is 1080. The molecular formula is C20H23FN6O2. The van der Waals surface area contributed by atoms with E-state index in [-0.39, 0.29) is 23.3 Å². The monoisotopic (exact) mass is 398 g/mol. The first kappa shape index (κ1) is 19.1. The van der Waals surface area contributed by atoms with Crippen molar-refractivity contribution in [2.45, 2.75) is 51.7 Å². The minimum Gasteiger partial charge on any atom is -0.348 e. The molecule has 3 aromatic rings. The third kappa shape index (κ3) is 3.85. The van der Waals surface area contributed by atoms with Crippen molar-refractivity contribution in [1.82, 2.24) is 29.9 Å². The Morgan fingerprint density at radius 3 is 2.97 bits per heavy atom. The van der Waals surface area contributed by atoms with Crippen molar-refractivity contribution in [2.24, 2.45) is 0 Å². The summed E-state index contributed by atoms with van der Waals surface area (Å²) < 4.78 is 17.1. The number of aromatic amines is 1. The lowest BCUT2D eigenvalue weighted by atomic mass is 10.1. The standard InChI is InChI=1S/C20H23FN6O2/c1-2-10-27-20(29)26-11-9-13(7-8-18(26)25-27)22-19(28)17-12-16(23-24-17)14-5-3-4-6-15(14)21/h3-6,12-13H,2,7-11H2,1H3,(H,22,28)(H,23,24). The van der Waals surface area contributed by atoms with Crippen LogP contribution >= 0.6 is 0 Å². The lowest BCUT2D eigenvalue weighted by Gasteiger charge is -2.15. The minimum absolute atomic E-state index is 0.0802. The van der Waals surface area contributed by atoms with Gasteiger partial charge >= 0.3 is 5.69 Å². The Morgan fingerprint density at radius 1 is 1.34 bits per heavy atom. The first-order valence-corrected chi connectivity index (χ1v) is 9.84. The number of hydrogen-bond donors (Lipinski definition) is 2. The number of halogens is 1. The number of rotatable bonds is 5. The molecule has 0 bridgehead atoms. The molecule has 0 aliphatic carbocycles. The van der Waals surface area contributed by atoms with Gasteiger partial charge in [-0.1, -0.05) is 19.1 Å². The second-order valence-corrected chi connectivity index (χ2v) is 7.22. The summed E-state index contributed by atoms with van der Waals surface area (Å²) in [5, 5.41) is 14.1. The highest BCUT2D eigenvalue weighted by atomic mass is 19.1. The second kappa shape index (κ2) is 8.02. The zero-order valence-electron chi connectivity index (χ0n) is 16.2. The Kier molecular flexibility index (Phi) is 5.28. The van der Waals surface area contributed by atoms with E-state index in [0.717, 1.165) is 12.2 Å². The van der Waals surface area contributed by atoms with Crippen LogP contribution in [0.4, 0.5) is 4.39 Å². The van der Waals surface area contributed by atoms with Gasteiger partial charge in [-0.05, 0) is 37.5 Å². The molecule has 152 valence electrons. The van der Waals surface area contributed by atoms with E-state index in [9.17, 15) is 14.0 Å². The number of H-pyrrole nitrogens is 1. The van der Waals surface area contributed by atoms with E-state index in [2.05, 4.69) is 20.6 Å². The predicted molar refractivity (Wildman–Crippen MR) is 105 cm³/mol. The number of benzene rings is 1. The summed E-state index contributed by atoms with van der Waals surface area (Å²) >= 11 is 0. The summed E-state index contributed by atoms with van der Waals surface area (Å²) in [6, 6.07) is 7.75. The van der Waals surface area contributed by atoms with E-state index in [1.165, 1.54) is 10.7 Å². The highest BCUT2D eigenvalue weighted by molar-refractivity contribution is 5.93. The van der Waals surface area contributed by atoms with Crippen LogP contribution in [0.1, 0.15) is 42.5 Å². The highest BCUT2D eigenvalue weighted by Gasteiger charge is 2.23. The molecule has 0 fully saturated rings. The maximum atomic E-state index is 13.9. The molecule has 1 aliphatic rings. The number of carbonyl (C=O) groups is 1. The minimum atomic E-state index is -0.391. The van der Waals surface area contributed by atoms with E-state index in [1.807, 2.05) is 6.92 Å². The van der Waals surface area contributed by atoms with Crippen molar-refractivity contribution in [1.29, 1.82) is 0 Å². The van der Waals surface area contributed by atoms with E-state index < -0.39 is 5.82 Å². The number of fused-ring (bicyclic) bond motifs is 1. The maximum absolute atomic E-state index is 13.9. The molecule has 8 nitrogen and oxygen atoms in total. The van der Waals surface area contributed by atoms with Gasteiger partial charge in [0.05, 0.1) is 5.69 Å². The Hall–Kier alpha value is -3.23. The molecule has 0 saturated carbocycles. The molecule has 9 heteroatoms.